The summed E-state index contributed by atoms with van der Waals surface area (Å²) in [5.74, 6) is 4.35. The van der Waals surface area contributed by atoms with Crippen LogP contribution >= 0.6 is 0 Å². The number of hydrogen-bond acceptors (Lipinski definition) is 9. The third-order valence-electron chi connectivity index (χ3n) is 7.56. The van der Waals surface area contributed by atoms with Gasteiger partial charge in [0.25, 0.3) is 0 Å². The average Bonchev–Trinajstić information content (AvgIpc) is 3.22. The van der Waals surface area contributed by atoms with Crippen molar-refractivity contribution in [3.05, 3.63) is 71.2 Å². The number of likely N-dealkylation sites (tertiary alicyclic amines) is 1. The highest BCUT2D eigenvalue weighted by Crippen LogP contribution is 2.40. The molecular formula is C27H31N9O. The van der Waals surface area contributed by atoms with Crippen molar-refractivity contribution in [2.24, 2.45) is 0 Å². The molecule has 2 aliphatic heterocycles. The minimum absolute atomic E-state index is 0.438. The van der Waals surface area contributed by atoms with Gasteiger partial charge in [0, 0.05) is 61.5 Å². The number of aromatic nitrogens is 5. The Bertz CT molecular complexity index is 1380. The number of anilines is 4. The monoisotopic (exact) mass is 497 g/mol. The number of fused-ring (bicyclic) bond motifs is 2. The third-order valence-corrected chi connectivity index (χ3v) is 7.56. The summed E-state index contributed by atoms with van der Waals surface area (Å²) >= 11 is 0. The van der Waals surface area contributed by atoms with Crippen LogP contribution in [0.25, 0.3) is 0 Å². The lowest BCUT2D eigenvalue weighted by Crippen LogP contribution is -2.46. The van der Waals surface area contributed by atoms with Gasteiger partial charge in [0.1, 0.15) is 11.6 Å². The molecule has 0 spiro atoms. The molecule has 190 valence electrons. The van der Waals surface area contributed by atoms with Gasteiger partial charge in [-0.2, -0.15) is 15.1 Å². The Morgan fingerprint density at radius 1 is 1.03 bits per heavy atom. The van der Waals surface area contributed by atoms with Crippen molar-refractivity contribution in [2.45, 2.75) is 57.3 Å². The largest absolute Gasteiger partial charge is 0.359 e. The van der Waals surface area contributed by atoms with E-state index in [0.717, 1.165) is 55.0 Å². The van der Waals surface area contributed by atoms with Gasteiger partial charge < -0.3 is 20.1 Å². The van der Waals surface area contributed by atoms with Crippen LogP contribution in [0.15, 0.2) is 53.1 Å². The summed E-state index contributed by atoms with van der Waals surface area (Å²) in [6, 6.07) is 17.7. The lowest BCUT2D eigenvalue weighted by molar-refractivity contribution is 0.230. The van der Waals surface area contributed by atoms with Crippen LogP contribution < -0.4 is 15.5 Å². The Balaban J connectivity index is 1.10. The number of H-pyrrole nitrogens is 1. The van der Waals surface area contributed by atoms with E-state index in [2.05, 4.69) is 72.2 Å². The van der Waals surface area contributed by atoms with Crippen LogP contribution in [0.2, 0.25) is 0 Å². The van der Waals surface area contributed by atoms with Crippen LogP contribution in [0.1, 0.15) is 47.9 Å². The second-order valence-electron chi connectivity index (χ2n) is 10.4. The lowest BCUT2D eigenvalue weighted by atomic mass is 10.2. The van der Waals surface area contributed by atoms with Crippen molar-refractivity contribution >= 4 is 23.4 Å². The Morgan fingerprint density at radius 3 is 2.68 bits per heavy atom. The second kappa shape index (κ2) is 9.19. The Kier molecular flexibility index (Phi) is 5.53. The molecule has 4 aromatic rings. The molecule has 3 aliphatic rings. The fraction of sp³-hybridized carbons (Fsp3) is 0.407. The van der Waals surface area contributed by atoms with E-state index in [1.807, 2.05) is 19.1 Å². The van der Waals surface area contributed by atoms with Gasteiger partial charge in [-0.3, -0.25) is 10.00 Å². The molecule has 7 rings (SSSR count). The predicted octanol–water partition coefficient (Wildman–Crippen LogP) is 4.19. The molecule has 37 heavy (non-hydrogen) atoms. The Labute approximate surface area is 215 Å². The molecule has 3 N–H and O–H groups in total. The number of aromatic amines is 1. The highest BCUT2D eigenvalue weighted by molar-refractivity contribution is 5.61. The molecule has 1 saturated carbocycles. The van der Waals surface area contributed by atoms with Crippen molar-refractivity contribution < 1.29 is 4.52 Å². The molecule has 1 aliphatic carbocycles. The van der Waals surface area contributed by atoms with E-state index < -0.39 is 0 Å². The summed E-state index contributed by atoms with van der Waals surface area (Å²) in [7, 11) is 0. The standard InChI is InChI=1S/C27H31N9O/c1-17-9-22(37-34-17)13-28-27-30-24(29-25-11-23(32-33-25)19-7-8-19)12-26(31-27)36-16-20-10-21(36)15-35(20)14-18-5-3-2-4-6-18/h2-6,9,11-12,19-21H,7-8,10,13-16H2,1H3,(H3,28,29,30,31,32,33)/t20-,21-/m0/s1. The van der Waals surface area contributed by atoms with Crippen LogP contribution in [0.4, 0.5) is 23.4 Å². The first-order valence-electron chi connectivity index (χ1n) is 13.1. The topological polar surface area (TPSA) is 111 Å². The zero-order chi connectivity index (χ0) is 24.8. The SMILES string of the molecule is Cc1cc(CNc2nc(Nc3cc(C4CC4)[nH]n3)cc(N3C[C@@H]4C[C@H]3CN4Cc3ccccc3)n2)on1. The van der Waals surface area contributed by atoms with Gasteiger partial charge in [0.05, 0.1) is 12.2 Å². The van der Waals surface area contributed by atoms with Gasteiger partial charge >= 0.3 is 0 Å². The molecule has 1 aromatic carbocycles. The number of benzene rings is 1. The molecule has 2 saturated heterocycles. The van der Waals surface area contributed by atoms with Gasteiger partial charge in [0.2, 0.25) is 5.95 Å². The maximum Gasteiger partial charge on any atom is 0.227 e. The van der Waals surface area contributed by atoms with Crippen molar-refractivity contribution in [3.8, 4) is 0 Å². The van der Waals surface area contributed by atoms with Crippen LogP contribution in [0.5, 0.6) is 0 Å². The maximum atomic E-state index is 5.36. The van der Waals surface area contributed by atoms with Gasteiger partial charge in [-0.05, 0) is 31.7 Å². The Morgan fingerprint density at radius 2 is 1.92 bits per heavy atom. The molecule has 0 amide bonds. The van der Waals surface area contributed by atoms with Gasteiger partial charge in [-0.15, -0.1) is 0 Å². The minimum Gasteiger partial charge on any atom is -0.359 e. The van der Waals surface area contributed by atoms with Crippen molar-refractivity contribution in [1.82, 2.24) is 30.2 Å². The quantitative estimate of drug-likeness (QED) is 0.313. The van der Waals surface area contributed by atoms with E-state index >= 15 is 0 Å². The molecule has 3 aromatic heterocycles. The van der Waals surface area contributed by atoms with Crippen LogP contribution in [-0.4, -0.2) is 55.4 Å². The van der Waals surface area contributed by atoms with Gasteiger partial charge in [-0.1, -0.05) is 35.5 Å². The fourth-order valence-electron chi connectivity index (χ4n) is 5.57. The Hall–Kier alpha value is -3.92. The van der Waals surface area contributed by atoms with E-state index in [-0.39, 0.29) is 0 Å². The van der Waals surface area contributed by atoms with E-state index in [9.17, 15) is 0 Å². The van der Waals surface area contributed by atoms with Gasteiger partial charge in [-0.25, -0.2) is 0 Å². The summed E-state index contributed by atoms with van der Waals surface area (Å²) in [6.45, 7) is 5.38. The number of hydrogen-bond donors (Lipinski definition) is 3. The number of nitrogens with one attached hydrogen (secondary N) is 3. The molecule has 10 heteroatoms. The van der Waals surface area contributed by atoms with Crippen LogP contribution in [0.3, 0.4) is 0 Å². The van der Waals surface area contributed by atoms with E-state index in [0.29, 0.717) is 30.5 Å². The van der Waals surface area contributed by atoms with Crippen molar-refractivity contribution in [1.29, 1.82) is 0 Å². The molecule has 2 atom stereocenters. The highest BCUT2D eigenvalue weighted by Gasteiger charge is 2.43. The number of rotatable bonds is 9. The molecule has 10 nitrogen and oxygen atoms in total. The summed E-state index contributed by atoms with van der Waals surface area (Å²) in [4.78, 5) is 14.7. The maximum absolute atomic E-state index is 5.36. The molecule has 0 radical (unpaired) electrons. The molecule has 2 bridgehead atoms. The first kappa shape index (κ1) is 22.3. The van der Waals surface area contributed by atoms with E-state index in [1.165, 1.54) is 24.1 Å². The first-order valence-corrected chi connectivity index (χ1v) is 13.1. The first-order chi connectivity index (χ1) is 18.2. The molecular weight excluding hydrogens is 466 g/mol. The van der Waals surface area contributed by atoms with Crippen molar-refractivity contribution in [3.63, 3.8) is 0 Å². The van der Waals surface area contributed by atoms with E-state index in [1.54, 1.807) is 0 Å². The normalized spacial score (nSPS) is 21.1. The number of nitrogens with zero attached hydrogens (tertiary/aromatic N) is 6. The summed E-state index contributed by atoms with van der Waals surface area (Å²) in [5, 5.41) is 18.3. The summed E-state index contributed by atoms with van der Waals surface area (Å²) in [6.07, 6.45) is 3.62. The molecule has 5 heterocycles. The zero-order valence-electron chi connectivity index (χ0n) is 20.9. The summed E-state index contributed by atoms with van der Waals surface area (Å²) < 4.78 is 5.36. The van der Waals surface area contributed by atoms with Crippen LogP contribution in [0, 0.1) is 6.92 Å². The van der Waals surface area contributed by atoms with Crippen molar-refractivity contribution in [2.75, 3.05) is 28.6 Å². The summed E-state index contributed by atoms with van der Waals surface area (Å²) in [5.41, 5.74) is 3.41. The predicted molar refractivity (Wildman–Crippen MR) is 141 cm³/mol. The highest BCUT2D eigenvalue weighted by atomic mass is 16.5. The number of piperazine rings is 1. The minimum atomic E-state index is 0.438. The van der Waals surface area contributed by atoms with Gasteiger partial charge in [0.15, 0.2) is 11.6 Å². The second-order valence-corrected chi connectivity index (χ2v) is 10.4. The number of aryl methyl sites for hydroxylation is 1. The third kappa shape index (κ3) is 4.76. The van der Waals surface area contributed by atoms with E-state index in [4.69, 9.17) is 14.5 Å². The van der Waals surface area contributed by atoms with Crippen LogP contribution in [-0.2, 0) is 13.1 Å². The lowest BCUT2D eigenvalue weighted by Gasteiger charge is -2.35. The molecule has 3 fully saturated rings. The zero-order valence-corrected chi connectivity index (χ0v) is 20.9. The average molecular weight is 498 g/mol. The fourth-order valence-corrected chi connectivity index (χ4v) is 5.57. The smallest absolute Gasteiger partial charge is 0.227 e. The molecule has 0 unspecified atom stereocenters.